The van der Waals surface area contributed by atoms with Crippen LogP contribution < -0.4 is 0 Å². The van der Waals surface area contributed by atoms with Gasteiger partial charge in [-0.2, -0.15) is 0 Å². The summed E-state index contributed by atoms with van der Waals surface area (Å²) in [6.45, 7) is 1.64. The van der Waals surface area contributed by atoms with Crippen molar-refractivity contribution in [3.05, 3.63) is 11.6 Å². The maximum atomic E-state index is 10.1. The van der Waals surface area contributed by atoms with E-state index in [1.807, 2.05) is 0 Å². The predicted molar refractivity (Wildman–Crippen MR) is 34.8 cm³/mol. The number of carbonyl (C=O) groups is 1. The van der Waals surface area contributed by atoms with E-state index in [4.69, 9.17) is 5.11 Å². The van der Waals surface area contributed by atoms with Gasteiger partial charge >= 0.3 is 5.97 Å². The number of aromatic amines is 1. The van der Waals surface area contributed by atoms with Crippen LogP contribution in [-0.4, -0.2) is 26.3 Å². The second kappa shape index (κ2) is 2.95. The van der Waals surface area contributed by atoms with E-state index in [2.05, 4.69) is 15.2 Å². The zero-order valence-corrected chi connectivity index (χ0v) is 4.75. The molecule has 0 aromatic carbocycles. The summed E-state index contributed by atoms with van der Waals surface area (Å²) < 4.78 is 0. The van der Waals surface area contributed by atoms with Crippen molar-refractivity contribution in [3.63, 3.8) is 0 Å². The summed E-state index contributed by atoms with van der Waals surface area (Å²) in [5, 5.41) is 14.0. The van der Waals surface area contributed by atoms with E-state index in [1.165, 1.54) is 0 Å². The van der Waals surface area contributed by atoms with Gasteiger partial charge in [0.15, 0.2) is 0 Å². The van der Waals surface area contributed by atoms with Crippen molar-refractivity contribution in [1.29, 1.82) is 0 Å². The van der Waals surface area contributed by atoms with Crippen LogP contribution in [-0.2, 0) is 0 Å². The predicted octanol–water partition coefficient (Wildman–Crippen LogP) is 0.447. The standard InChI is InChI=1S/C4H5N3O2.CH4/c1-2-5-3(4(8)9)7-6-2;/h1H3,(H,8,9)(H,5,6,7);1H4. The Morgan fingerprint density at radius 2 is 2.30 bits per heavy atom. The highest BCUT2D eigenvalue weighted by molar-refractivity contribution is 5.82. The molecule has 2 N–H and O–H groups in total. The van der Waals surface area contributed by atoms with Gasteiger partial charge in [-0.25, -0.2) is 9.78 Å². The molecule has 0 amide bonds. The van der Waals surface area contributed by atoms with Crippen molar-refractivity contribution in [2.75, 3.05) is 0 Å². The van der Waals surface area contributed by atoms with Gasteiger partial charge in [0.25, 0.3) is 5.82 Å². The highest BCUT2D eigenvalue weighted by Crippen LogP contribution is 1.88. The largest absolute Gasteiger partial charge is 0.475 e. The molecule has 5 heteroatoms. The summed E-state index contributed by atoms with van der Waals surface area (Å²) in [7, 11) is 0. The maximum Gasteiger partial charge on any atom is 0.375 e. The molecule has 0 unspecified atom stereocenters. The van der Waals surface area contributed by atoms with Crippen LogP contribution in [0, 0.1) is 6.92 Å². The van der Waals surface area contributed by atoms with Crippen LogP contribution in [0.15, 0.2) is 0 Å². The smallest absolute Gasteiger partial charge is 0.375 e. The first-order valence-corrected chi connectivity index (χ1v) is 2.32. The molecule has 0 saturated heterocycles. The van der Waals surface area contributed by atoms with Gasteiger partial charge in [-0.05, 0) is 6.92 Å². The number of carboxylic acids is 1. The molecule has 0 aliphatic heterocycles. The van der Waals surface area contributed by atoms with Gasteiger partial charge < -0.3 is 5.11 Å². The first-order valence-electron chi connectivity index (χ1n) is 2.32. The van der Waals surface area contributed by atoms with Crippen LogP contribution in [0.5, 0.6) is 0 Å². The van der Waals surface area contributed by atoms with E-state index in [-0.39, 0.29) is 13.3 Å². The lowest BCUT2D eigenvalue weighted by atomic mass is 10.6. The first kappa shape index (κ1) is 8.61. The molecule has 5 nitrogen and oxygen atoms in total. The summed E-state index contributed by atoms with van der Waals surface area (Å²) in [5.74, 6) is -0.792. The number of carboxylic acid groups (broad SMARTS) is 1. The Morgan fingerprint density at radius 3 is 2.50 bits per heavy atom. The Hall–Kier alpha value is -1.39. The van der Waals surface area contributed by atoms with Crippen molar-refractivity contribution in [1.82, 2.24) is 15.2 Å². The van der Waals surface area contributed by atoms with E-state index >= 15 is 0 Å². The molecule has 0 radical (unpaired) electrons. The molecule has 1 aromatic rings. The lowest BCUT2D eigenvalue weighted by molar-refractivity contribution is 0.0684. The second-order valence-electron chi connectivity index (χ2n) is 1.55. The monoisotopic (exact) mass is 143 g/mol. The SMILES string of the molecule is C.Cc1nc(C(=O)O)n[nH]1. The number of nitrogens with zero attached hydrogens (tertiary/aromatic N) is 2. The summed E-state index contributed by atoms with van der Waals surface area (Å²) in [4.78, 5) is 13.6. The minimum atomic E-state index is -1.11. The van der Waals surface area contributed by atoms with Crippen LogP contribution in [0.25, 0.3) is 0 Å². The van der Waals surface area contributed by atoms with Gasteiger partial charge in [-0.1, -0.05) is 7.43 Å². The van der Waals surface area contributed by atoms with E-state index < -0.39 is 5.97 Å². The molecular weight excluding hydrogens is 134 g/mol. The second-order valence-corrected chi connectivity index (χ2v) is 1.55. The molecular formula is C5H9N3O2. The van der Waals surface area contributed by atoms with Crippen LogP contribution in [0.4, 0.5) is 0 Å². The number of hydrogen-bond acceptors (Lipinski definition) is 3. The molecule has 56 valence electrons. The Labute approximate surface area is 58.1 Å². The van der Waals surface area contributed by atoms with E-state index in [1.54, 1.807) is 6.92 Å². The number of aromatic nitrogens is 3. The highest BCUT2D eigenvalue weighted by Gasteiger charge is 2.06. The molecule has 0 bridgehead atoms. The minimum absolute atomic E-state index is 0. The summed E-state index contributed by atoms with van der Waals surface area (Å²) >= 11 is 0. The normalized spacial score (nSPS) is 8.50. The quantitative estimate of drug-likeness (QED) is 0.598. The average molecular weight is 143 g/mol. The van der Waals surface area contributed by atoms with Crippen molar-refractivity contribution in [2.45, 2.75) is 14.4 Å². The summed E-state index contributed by atoms with van der Waals surface area (Å²) in [6.07, 6.45) is 0. The fourth-order valence-corrected chi connectivity index (χ4v) is 0.438. The molecule has 0 saturated carbocycles. The number of H-pyrrole nitrogens is 1. The Morgan fingerprint density at radius 1 is 1.70 bits per heavy atom. The number of hydrogen-bond donors (Lipinski definition) is 2. The van der Waals surface area contributed by atoms with Crippen molar-refractivity contribution in [2.24, 2.45) is 0 Å². The topological polar surface area (TPSA) is 78.9 Å². The molecule has 10 heavy (non-hydrogen) atoms. The molecule has 1 rings (SSSR count). The summed E-state index contributed by atoms with van der Waals surface area (Å²) in [5.41, 5.74) is 0. The third-order valence-corrected chi connectivity index (χ3v) is 0.789. The Kier molecular flexibility index (Phi) is 2.54. The lowest BCUT2D eigenvalue weighted by Crippen LogP contribution is -1.98. The van der Waals surface area contributed by atoms with E-state index in [0.29, 0.717) is 5.82 Å². The fourth-order valence-electron chi connectivity index (χ4n) is 0.438. The zero-order valence-electron chi connectivity index (χ0n) is 4.75. The number of aromatic carboxylic acids is 1. The summed E-state index contributed by atoms with van der Waals surface area (Å²) in [6, 6.07) is 0. The fraction of sp³-hybridized carbons (Fsp3) is 0.400. The zero-order chi connectivity index (χ0) is 6.85. The van der Waals surface area contributed by atoms with Gasteiger partial charge in [-0.3, -0.25) is 5.10 Å². The molecule has 0 aliphatic carbocycles. The van der Waals surface area contributed by atoms with Crippen molar-refractivity contribution >= 4 is 5.97 Å². The van der Waals surface area contributed by atoms with Crippen LogP contribution in [0.2, 0.25) is 0 Å². The number of nitrogens with one attached hydrogen (secondary N) is 1. The number of rotatable bonds is 1. The third-order valence-electron chi connectivity index (χ3n) is 0.789. The van der Waals surface area contributed by atoms with Gasteiger partial charge in [-0.15, -0.1) is 5.10 Å². The van der Waals surface area contributed by atoms with Gasteiger partial charge in [0, 0.05) is 0 Å². The Balaban J connectivity index is 0.000000810. The molecule has 0 fully saturated rings. The first-order chi connectivity index (χ1) is 4.20. The molecule has 1 heterocycles. The van der Waals surface area contributed by atoms with Gasteiger partial charge in [0.1, 0.15) is 5.82 Å². The Bertz CT molecular complexity index is 231. The van der Waals surface area contributed by atoms with Crippen molar-refractivity contribution in [3.8, 4) is 0 Å². The molecule has 0 atom stereocenters. The maximum absolute atomic E-state index is 10.1. The van der Waals surface area contributed by atoms with Crippen LogP contribution in [0.3, 0.4) is 0 Å². The third kappa shape index (κ3) is 1.54. The van der Waals surface area contributed by atoms with Crippen LogP contribution in [0.1, 0.15) is 23.9 Å². The highest BCUT2D eigenvalue weighted by atomic mass is 16.4. The molecule has 0 spiro atoms. The van der Waals surface area contributed by atoms with E-state index in [0.717, 1.165) is 0 Å². The molecule has 1 aromatic heterocycles. The lowest BCUT2D eigenvalue weighted by Gasteiger charge is -1.76. The van der Waals surface area contributed by atoms with Crippen LogP contribution >= 0.6 is 0 Å². The van der Waals surface area contributed by atoms with Crippen molar-refractivity contribution < 1.29 is 9.90 Å². The van der Waals surface area contributed by atoms with Gasteiger partial charge in [0.05, 0.1) is 0 Å². The minimum Gasteiger partial charge on any atom is -0.475 e. The van der Waals surface area contributed by atoms with E-state index in [9.17, 15) is 4.79 Å². The van der Waals surface area contributed by atoms with Gasteiger partial charge in [0.2, 0.25) is 0 Å². The average Bonchev–Trinajstić information content (AvgIpc) is 2.14. The number of aryl methyl sites for hydroxylation is 1. The molecule has 0 aliphatic rings.